The van der Waals surface area contributed by atoms with Crippen molar-refractivity contribution in [1.29, 1.82) is 0 Å². The van der Waals surface area contributed by atoms with Crippen LogP contribution in [0.25, 0.3) is 0 Å². The largest absolute Gasteiger partial charge is 0.307 e. The second-order valence-electron chi connectivity index (χ2n) is 4.13. The molecule has 0 saturated heterocycles. The highest BCUT2D eigenvalue weighted by molar-refractivity contribution is 7.99. The SMILES string of the molecule is CCSc1ccccc1C(C)NC1CC1. The summed E-state index contributed by atoms with van der Waals surface area (Å²) in [5.41, 5.74) is 1.45. The fourth-order valence-corrected chi connectivity index (χ4v) is 2.72. The monoisotopic (exact) mass is 221 g/mol. The van der Waals surface area contributed by atoms with E-state index < -0.39 is 0 Å². The lowest BCUT2D eigenvalue weighted by Crippen LogP contribution is -2.21. The molecular weight excluding hydrogens is 202 g/mol. The van der Waals surface area contributed by atoms with E-state index in [1.54, 1.807) is 0 Å². The fraction of sp³-hybridized carbons (Fsp3) is 0.538. The molecule has 0 spiro atoms. The molecule has 0 aliphatic heterocycles. The van der Waals surface area contributed by atoms with E-state index in [1.807, 2.05) is 11.8 Å². The molecule has 0 bridgehead atoms. The predicted octanol–water partition coefficient (Wildman–Crippen LogP) is 3.61. The van der Waals surface area contributed by atoms with Gasteiger partial charge < -0.3 is 5.32 Å². The van der Waals surface area contributed by atoms with E-state index in [0.717, 1.165) is 11.8 Å². The molecule has 2 heteroatoms. The van der Waals surface area contributed by atoms with E-state index in [-0.39, 0.29) is 0 Å². The zero-order valence-corrected chi connectivity index (χ0v) is 10.3. The maximum atomic E-state index is 3.66. The Morgan fingerprint density at radius 2 is 2.13 bits per heavy atom. The molecule has 1 aliphatic carbocycles. The van der Waals surface area contributed by atoms with Gasteiger partial charge in [-0.2, -0.15) is 0 Å². The molecule has 1 unspecified atom stereocenters. The number of hydrogen-bond acceptors (Lipinski definition) is 2. The summed E-state index contributed by atoms with van der Waals surface area (Å²) >= 11 is 1.94. The van der Waals surface area contributed by atoms with Gasteiger partial charge in [0.25, 0.3) is 0 Å². The van der Waals surface area contributed by atoms with Crippen molar-refractivity contribution in [1.82, 2.24) is 5.32 Å². The Morgan fingerprint density at radius 1 is 1.40 bits per heavy atom. The summed E-state index contributed by atoms with van der Waals surface area (Å²) in [4.78, 5) is 1.43. The maximum absolute atomic E-state index is 3.66. The molecular formula is C13H19NS. The third-order valence-electron chi connectivity index (χ3n) is 2.75. The third kappa shape index (κ3) is 2.99. The Labute approximate surface area is 96.7 Å². The van der Waals surface area contributed by atoms with Gasteiger partial charge in [-0.1, -0.05) is 25.1 Å². The van der Waals surface area contributed by atoms with Crippen molar-refractivity contribution < 1.29 is 0 Å². The summed E-state index contributed by atoms with van der Waals surface area (Å²) in [6, 6.07) is 10.0. The van der Waals surface area contributed by atoms with Gasteiger partial charge in [0.2, 0.25) is 0 Å². The van der Waals surface area contributed by atoms with Crippen LogP contribution in [0.4, 0.5) is 0 Å². The first-order valence-electron chi connectivity index (χ1n) is 5.79. The van der Waals surface area contributed by atoms with Gasteiger partial charge in [0.1, 0.15) is 0 Å². The van der Waals surface area contributed by atoms with Crippen molar-refractivity contribution in [2.75, 3.05) is 5.75 Å². The minimum absolute atomic E-state index is 0.493. The average Bonchev–Trinajstić information content (AvgIpc) is 3.03. The van der Waals surface area contributed by atoms with Crippen LogP contribution in [0.5, 0.6) is 0 Å². The number of hydrogen-bond donors (Lipinski definition) is 1. The minimum atomic E-state index is 0.493. The molecule has 0 radical (unpaired) electrons. The van der Waals surface area contributed by atoms with E-state index in [9.17, 15) is 0 Å². The normalized spacial score (nSPS) is 17.7. The number of rotatable bonds is 5. The van der Waals surface area contributed by atoms with Crippen LogP contribution in [0.3, 0.4) is 0 Å². The molecule has 1 aromatic rings. The molecule has 1 saturated carbocycles. The van der Waals surface area contributed by atoms with Crippen LogP contribution in [0.2, 0.25) is 0 Å². The van der Waals surface area contributed by atoms with Crippen molar-refractivity contribution >= 4 is 11.8 Å². The topological polar surface area (TPSA) is 12.0 Å². The number of benzene rings is 1. The van der Waals surface area contributed by atoms with Gasteiger partial charge in [-0.3, -0.25) is 0 Å². The highest BCUT2D eigenvalue weighted by atomic mass is 32.2. The molecule has 1 aromatic carbocycles. The second-order valence-corrected chi connectivity index (χ2v) is 5.44. The Kier molecular flexibility index (Phi) is 3.71. The second kappa shape index (κ2) is 5.04. The summed E-state index contributed by atoms with van der Waals surface area (Å²) in [6.45, 7) is 4.48. The van der Waals surface area contributed by atoms with Crippen molar-refractivity contribution in [3.8, 4) is 0 Å². The fourth-order valence-electron chi connectivity index (χ4n) is 1.82. The summed E-state index contributed by atoms with van der Waals surface area (Å²) in [5.74, 6) is 1.15. The standard InChI is InChI=1S/C13H19NS/c1-3-15-13-7-5-4-6-12(13)10(2)14-11-8-9-11/h4-7,10-11,14H,3,8-9H2,1-2H3. The Morgan fingerprint density at radius 3 is 2.80 bits per heavy atom. The molecule has 1 aliphatic rings. The Hall–Kier alpha value is -0.470. The first kappa shape index (κ1) is 11.0. The van der Waals surface area contributed by atoms with E-state index in [4.69, 9.17) is 0 Å². The molecule has 2 rings (SSSR count). The lowest BCUT2D eigenvalue weighted by atomic mass is 10.1. The van der Waals surface area contributed by atoms with Gasteiger partial charge in [0.15, 0.2) is 0 Å². The summed E-state index contributed by atoms with van der Waals surface area (Å²) < 4.78 is 0. The van der Waals surface area contributed by atoms with Crippen molar-refractivity contribution in [2.45, 2.75) is 43.7 Å². The van der Waals surface area contributed by atoms with Crippen molar-refractivity contribution in [3.63, 3.8) is 0 Å². The van der Waals surface area contributed by atoms with Crippen LogP contribution in [0, 0.1) is 0 Å². The predicted molar refractivity (Wildman–Crippen MR) is 67.4 cm³/mol. The van der Waals surface area contributed by atoms with Gasteiger partial charge in [0.05, 0.1) is 0 Å². The molecule has 0 aromatic heterocycles. The Bertz CT molecular complexity index is 320. The van der Waals surface area contributed by atoms with Gasteiger partial charge >= 0.3 is 0 Å². The first-order valence-corrected chi connectivity index (χ1v) is 6.77. The molecule has 15 heavy (non-hydrogen) atoms. The number of thioether (sulfide) groups is 1. The van der Waals surface area contributed by atoms with Gasteiger partial charge in [-0.05, 0) is 37.1 Å². The van der Waals surface area contributed by atoms with Crippen LogP contribution in [0.15, 0.2) is 29.2 Å². The smallest absolute Gasteiger partial charge is 0.0305 e. The maximum Gasteiger partial charge on any atom is 0.0305 e. The van der Waals surface area contributed by atoms with Crippen LogP contribution < -0.4 is 5.32 Å². The van der Waals surface area contributed by atoms with Crippen LogP contribution in [0.1, 0.15) is 38.3 Å². The summed E-state index contributed by atoms with van der Waals surface area (Å²) in [6.07, 6.45) is 2.71. The molecule has 1 N–H and O–H groups in total. The van der Waals surface area contributed by atoms with E-state index in [2.05, 4.69) is 43.4 Å². The summed E-state index contributed by atoms with van der Waals surface area (Å²) in [7, 11) is 0. The van der Waals surface area contributed by atoms with Crippen molar-refractivity contribution in [2.24, 2.45) is 0 Å². The molecule has 1 nitrogen and oxygen atoms in total. The first-order chi connectivity index (χ1) is 7.31. The van der Waals surface area contributed by atoms with Crippen LogP contribution >= 0.6 is 11.8 Å². The highest BCUT2D eigenvalue weighted by Crippen LogP contribution is 2.30. The van der Waals surface area contributed by atoms with E-state index in [1.165, 1.54) is 23.3 Å². The third-order valence-corrected chi connectivity index (χ3v) is 3.72. The quantitative estimate of drug-likeness (QED) is 0.762. The Balaban J connectivity index is 2.09. The summed E-state index contributed by atoms with van der Waals surface area (Å²) in [5, 5.41) is 3.66. The van der Waals surface area contributed by atoms with Gasteiger partial charge in [0, 0.05) is 17.0 Å². The highest BCUT2D eigenvalue weighted by Gasteiger charge is 2.23. The minimum Gasteiger partial charge on any atom is -0.307 e. The molecule has 0 amide bonds. The average molecular weight is 221 g/mol. The lowest BCUT2D eigenvalue weighted by Gasteiger charge is -2.17. The van der Waals surface area contributed by atoms with Crippen LogP contribution in [-0.2, 0) is 0 Å². The van der Waals surface area contributed by atoms with Gasteiger partial charge in [-0.15, -0.1) is 11.8 Å². The molecule has 1 atom stereocenters. The number of nitrogens with one attached hydrogen (secondary N) is 1. The zero-order valence-electron chi connectivity index (χ0n) is 9.49. The van der Waals surface area contributed by atoms with Crippen LogP contribution in [-0.4, -0.2) is 11.8 Å². The van der Waals surface area contributed by atoms with E-state index >= 15 is 0 Å². The molecule has 82 valence electrons. The molecule has 0 heterocycles. The lowest BCUT2D eigenvalue weighted by molar-refractivity contribution is 0.564. The van der Waals surface area contributed by atoms with Gasteiger partial charge in [-0.25, -0.2) is 0 Å². The van der Waals surface area contributed by atoms with E-state index in [0.29, 0.717) is 6.04 Å². The molecule has 1 fully saturated rings. The van der Waals surface area contributed by atoms with Crippen molar-refractivity contribution in [3.05, 3.63) is 29.8 Å². The zero-order chi connectivity index (χ0) is 10.7.